The van der Waals surface area contributed by atoms with E-state index in [4.69, 9.17) is 17.2 Å². The number of nitrogens with zero attached hydrogens (tertiary/aromatic N) is 1. The van der Waals surface area contributed by atoms with Crippen LogP contribution in [0.5, 0.6) is 0 Å². The van der Waals surface area contributed by atoms with Gasteiger partial charge in [-0.2, -0.15) is 11.8 Å². The van der Waals surface area contributed by atoms with Gasteiger partial charge in [0.05, 0.1) is 6.04 Å². The molecule has 0 aliphatic rings. The number of H-pyrrole nitrogens is 2. The number of fused-ring (bicyclic) bond motifs is 2. The zero-order valence-corrected chi connectivity index (χ0v) is 27.5. The van der Waals surface area contributed by atoms with Crippen LogP contribution >= 0.6 is 11.8 Å². The minimum absolute atomic E-state index is 0.0202. The number of nitrogens with one attached hydrogen (secondary N) is 5. The molecular weight excluding hydrogens is 634 g/mol. The van der Waals surface area contributed by atoms with E-state index in [-0.39, 0.29) is 31.6 Å². The van der Waals surface area contributed by atoms with E-state index in [0.717, 1.165) is 32.9 Å². The largest absolute Gasteiger partial charge is 0.480 e. The predicted molar refractivity (Wildman–Crippen MR) is 188 cm³/mol. The Morgan fingerprint density at radius 3 is 1.88 bits per heavy atom. The number of hydrogen-bond acceptors (Lipinski definition) is 7. The molecule has 0 bridgehead atoms. The fourth-order valence-corrected chi connectivity index (χ4v) is 5.90. The Labute approximate surface area is 282 Å². The number of carboxylic acids is 1. The Morgan fingerprint density at radius 1 is 0.792 bits per heavy atom. The lowest BCUT2D eigenvalue weighted by atomic mass is 10.0. The second-order valence-electron chi connectivity index (χ2n) is 11.5. The first-order valence-electron chi connectivity index (χ1n) is 15.6. The number of carboxylic acid groups (broad SMARTS) is 1. The van der Waals surface area contributed by atoms with Crippen molar-refractivity contribution in [1.82, 2.24) is 25.9 Å². The lowest BCUT2D eigenvalue weighted by Crippen LogP contribution is -2.58. The molecule has 4 atom stereocenters. The number of nitrogens with two attached hydrogens (primary N) is 3. The van der Waals surface area contributed by atoms with Crippen molar-refractivity contribution in [2.75, 3.05) is 18.6 Å². The smallest absolute Gasteiger partial charge is 0.326 e. The molecule has 2 aromatic carbocycles. The average Bonchev–Trinajstić information content (AvgIpc) is 3.67. The van der Waals surface area contributed by atoms with Crippen LogP contribution in [0.15, 0.2) is 65.9 Å². The number of aromatic nitrogens is 2. The van der Waals surface area contributed by atoms with Crippen LogP contribution in [0.25, 0.3) is 21.8 Å². The minimum Gasteiger partial charge on any atom is -0.480 e. The van der Waals surface area contributed by atoms with Gasteiger partial charge >= 0.3 is 5.97 Å². The van der Waals surface area contributed by atoms with Gasteiger partial charge in [0, 0.05) is 53.6 Å². The number of amides is 3. The molecule has 14 nitrogen and oxygen atoms in total. The van der Waals surface area contributed by atoms with Gasteiger partial charge in [-0.15, -0.1) is 0 Å². The maximum atomic E-state index is 13.9. The van der Waals surface area contributed by atoms with E-state index in [1.807, 2.05) is 54.8 Å². The van der Waals surface area contributed by atoms with Crippen LogP contribution in [0.4, 0.5) is 0 Å². The van der Waals surface area contributed by atoms with Crippen molar-refractivity contribution in [2.45, 2.75) is 56.3 Å². The highest BCUT2D eigenvalue weighted by Gasteiger charge is 2.31. The van der Waals surface area contributed by atoms with Crippen molar-refractivity contribution < 1.29 is 24.3 Å². The molecule has 0 spiro atoms. The monoisotopic (exact) mass is 677 g/mol. The number of carbonyl (C=O) groups excluding carboxylic acids is 3. The summed E-state index contributed by atoms with van der Waals surface area (Å²) in [7, 11) is 0. The molecule has 48 heavy (non-hydrogen) atoms. The normalized spacial score (nSPS) is 13.7. The molecule has 0 radical (unpaired) electrons. The molecular formula is C33H43N9O5S. The lowest BCUT2D eigenvalue weighted by Gasteiger charge is -2.25. The Morgan fingerprint density at radius 2 is 1.31 bits per heavy atom. The van der Waals surface area contributed by atoms with E-state index in [9.17, 15) is 24.3 Å². The topological polar surface area (TPSA) is 247 Å². The van der Waals surface area contributed by atoms with Gasteiger partial charge in [-0.25, -0.2) is 4.79 Å². The van der Waals surface area contributed by atoms with Crippen LogP contribution in [0.1, 0.15) is 30.4 Å². The van der Waals surface area contributed by atoms with Crippen molar-refractivity contribution >= 4 is 63.2 Å². The van der Waals surface area contributed by atoms with Gasteiger partial charge in [0.1, 0.15) is 18.1 Å². The second-order valence-corrected chi connectivity index (χ2v) is 12.5. The number of guanidine groups is 1. The SMILES string of the molecule is CSCCC(NC(=O)C(N)CCCN=C(N)N)C(=O)NC(Cc1c[nH]c2ccccc12)C(=O)NC(Cc1c[nH]c2ccccc12)C(=O)O. The van der Waals surface area contributed by atoms with Crippen molar-refractivity contribution in [2.24, 2.45) is 22.2 Å². The highest BCUT2D eigenvalue weighted by atomic mass is 32.2. The van der Waals surface area contributed by atoms with Crippen LogP contribution in [0, 0.1) is 0 Å². The molecule has 2 aromatic heterocycles. The van der Waals surface area contributed by atoms with Crippen molar-refractivity contribution in [3.63, 3.8) is 0 Å². The summed E-state index contributed by atoms with van der Waals surface area (Å²) in [6.07, 6.45) is 6.47. The first-order chi connectivity index (χ1) is 23.1. The van der Waals surface area contributed by atoms with E-state index in [0.29, 0.717) is 18.7 Å². The quantitative estimate of drug-likeness (QED) is 0.0415. The molecule has 3 amide bonds. The van der Waals surface area contributed by atoms with E-state index in [2.05, 4.69) is 30.9 Å². The summed E-state index contributed by atoms with van der Waals surface area (Å²) in [6, 6.07) is 10.7. The molecule has 0 aliphatic heterocycles. The number of rotatable bonds is 18. The van der Waals surface area contributed by atoms with Crippen LogP contribution in [0.2, 0.25) is 0 Å². The highest BCUT2D eigenvalue weighted by Crippen LogP contribution is 2.21. The first kappa shape index (κ1) is 35.8. The van der Waals surface area contributed by atoms with Gasteiger partial charge < -0.3 is 48.2 Å². The maximum absolute atomic E-state index is 13.9. The Balaban J connectivity index is 1.53. The highest BCUT2D eigenvalue weighted by molar-refractivity contribution is 7.98. The Bertz CT molecular complexity index is 1750. The third kappa shape index (κ3) is 9.75. The summed E-state index contributed by atoms with van der Waals surface area (Å²) in [5.74, 6) is -2.52. The number of hydrogen-bond donors (Lipinski definition) is 9. The number of carbonyl (C=O) groups is 4. The molecule has 4 aromatic rings. The van der Waals surface area contributed by atoms with E-state index >= 15 is 0 Å². The van der Waals surface area contributed by atoms with E-state index < -0.39 is 47.9 Å². The number of benzene rings is 2. The molecule has 0 saturated carbocycles. The van der Waals surface area contributed by atoms with E-state index in [1.54, 1.807) is 12.4 Å². The van der Waals surface area contributed by atoms with Crippen molar-refractivity contribution in [3.8, 4) is 0 Å². The molecule has 4 rings (SSSR count). The van der Waals surface area contributed by atoms with Gasteiger partial charge in [0.2, 0.25) is 17.7 Å². The van der Waals surface area contributed by atoms with Crippen molar-refractivity contribution in [3.05, 3.63) is 72.1 Å². The van der Waals surface area contributed by atoms with Gasteiger partial charge in [0.15, 0.2) is 5.96 Å². The first-order valence-corrected chi connectivity index (χ1v) is 17.0. The molecule has 4 unspecified atom stereocenters. The van der Waals surface area contributed by atoms with Crippen LogP contribution in [-0.2, 0) is 32.0 Å². The molecule has 0 fully saturated rings. The number of para-hydroxylation sites is 2. The Kier molecular flexibility index (Phi) is 12.9. The third-order valence-corrected chi connectivity index (χ3v) is 8.64. The summed E-state index contributed by atoms with van der Waals surface area (Å²) in [5.41, 5.74) is 20.0. The summed E-state index contributed by atoms with van der Waals surface area (Å²) < 4.78 is 0. The summed E-state index contributed by atoms with van der Waals surface area (Å²) in [5, 5.41) is 20.0. The molecule has 2 heterocycles. The number of aromatic amines is 2. The predicted octanol–water partition coefficient (Wildman–Crippen LogP) is 1.11. The van der Waals surface area contributed by atoms with Crippen LogP contribution < -0.4 is 33.2 Å². The van der Waals surface area contributed by atoms with Gasteiger partial charge in [-0.05, 0) is 54.5 Å². The summed E-state index contributed by atoms with van der Waals surface area (Å²) in [6.45, 7) is 0.308. The molecule has 0 saturated heterocycles. The molecule has 0 aliphatic carbocycles. The summed E-state index contributed by atoms with van der Waals surface area (Å²) in [4.78, 5) is 63.1. The van der Waals surface area contributed by atoms with Gasteiger partial charge in [-0.1, -0.05) is 36.4 Å². The standard InChI is InChI=1S/C33H43N9O5S/c1-48-14-12-26(40-29(43)23(34)9-6-13-37-33(35)36)30(44)41-27(15-19-17-38-24-10-4-2-7-21(19)24)31(45)42-28(32(46)47)16-20-18-39-25-11-5-3-8-22(20)25/h2-5,7-8,10-11,17-18,23,26-28,38-39H,6,9,12-16,34H2,1H3,(H,40,43)(H,41,44)(H,42,45)(H,46,47)(H4,35,36,37). The summed E-state index contributed by atoms with van der Waals surface area (Å²) >= 11 is 1.49. The van der Waals surface area contributed by atoms with Crippen LogP contribution in [-0.4, -0.2) is 87.4 Å². The molecule has 12 N–H and O–H groups in total. The minimum atomic E-state index is -1.27. The zero-order chi connectivity index (χ0) is 34.6. The van der Waals surface area contributed by atoms with Gasteiger partial charge in [0.25, 0.3) is 0 Å². The number of aliphatic imine (C=N–C) groups is 1. The van der Waals surface area contributed by atoms with Crippen LogP contribution in [0.3, 0.4) is 0 Å². The average molecular weight is 678 g/mol. The number of aliphatic carboxylic acids is 1. The third-order valence-electron chi connectivity index (χ3n) is 7.99. The fraction of sp³-hybridized carbons (Fsp3) is 0.364. The molecule has 15 heteroatoms. The second kappa shape index (κ2) is 17.2. The van der Waals surface area contributed by atoms with E-state index in [1.165, 1.54) is 11.8 Å². The zero-order valence-electron chi connectivity index (χ0n) is 26.7. The fourth-order valence-electron chi connectivity index (χ4n) is 5.43. The van der Waals surface area contributed by atoms with Crippen molar-refractivity contribution in [1.29, 1.82) is 0 Å². The lowest BCUT2D eigenvalue weighted by molar-refractivity contribution is -0.142. The van der Waals surface area contributed by atoms with Gasteiger partial charge in [-0.3, -0.25) is 19.4 Å². The molecule has 256 valence electrons. The maximum Gasteiger partial charge on any atom is 0.326 e. The Hall–Kier alpha value is -5.02. The number of thioether (sulfide) groups is 1.